The van der Waals surface area contributed by atoms with Crippen molar-refractivity contribution in [3.05, 3.63) is 60.2 Å². The maximum atomic E-state index is 13.0. The van der Waals surface area contributed by atoms with Gasteiger partial charge in [0.25, 0.3) is 0 Å². The van der Waals surface area contributed by atoms with Crippen LogP contribution in [0.5, 0.6) is 11.5 Å². The summed E-state index contributed by atoms with van der Waals surface area (Å²) in [6.07, 6.45) is 0.887. The van der Waals surface area contributed by atoms with Gasteiger partial charge in [-0.15, -0.1) is 0 Å². The topological polar surface area (TPSA) is 67.9 Å². The molecule has 2 aromatic rings. The predicted octanol–water partition coefficient (Wildman–Crippen LogP) is 4.04. The fourth-order valence-electron chi connectivity index (χ4n) is 3.04. The fraction of sp³-hybridized carbons (Fsp3) is 0.440. The van der Waals surface area contributed by atoms with Gasteiger partial charge in [-0.1, -0.05) is 44.2 Å². The van der Waals surface area contributed by atoms with Crippen LogP contribution in [0, 0.1) is 5.92 Å². The average Bonchev–Trinajstić information content (AvgIpc) is 2.79. The van der Waals surface area contributed by atoms with Crippen molar-refractivity contribution >= 4 is 11.8 Å². The molecule has 2 aromatic carbocycles. The highest BCUT2D eigenvalue weighted by molar-refractivity contribution is 5.87. The molecule has 0 saturated heterocycles. The SMILES string of the molecule is COc1ccc(CN(C(=O)CCCOc2ccccc2)[C@@H](C)C(=O)NCC(C)C)cc1. The smallest absolute Gasteiger partial charge is 0.242 e. The van der Waals surface area contributed by atoms with Gasteiger partial charge in [0.05, 0.1) is 13.7 Å². The standard InChI is InChI=1S/C25H34N2O4/c1-19(2)17-26-25(29)20(3)27(18-21-12-14-22(30-4)15-13-21)24(28)11-8-16-31-23-9-6-5-7-10-23/h5-7,9-10,12-15,19-20H,8,11,16-18H2,1-4H3,(H,26,29)/t20-/m0/s1. The first-order valence-electron chi connectivity index (χ1n) is 10.8. The van der Waals surface area contributed by atoms with Gasteiger partial charge in [-0.05, 0) is 49.1 Å². The lowest BCUT2D eigenvalue weighted by Crippen LogP contribution is -2.48. The summed E-state index contributed by atoms with van der Waals surface area (Å²) >= 11 is 0. The van der Waals surface area contributed by atoms with E-state index in [-0.39, 0.29) is 11.8 Å². The van der Waals surface area contributed by atoms with E-state index in [0.29, 0.717) is 38.5 Å². The maximum absolute atomic E-state index is 13.0. The third-order valence-corrected chi connectivity index (χ3v) is 4.91. The molecule has 1 N–H and O–H groups in total. The molecule has 0 unspecified atom stereocenters. The van der Waals surface area contributed by atoms with Gasteiger partial charge in [0.2, 0.25) is 11.8 Å². The van der Waals surface area contributed by atoms with Crippen LogP contribution in [-0.2, 0) is 16.1 Å². The van der Waals surface area contributed by atoms with Crippen molar-refractivity contribution in [2.24, 2.45) is 5.92 Å². The summed E-state index contributed by atoms with van der Waals surface area (Å²) in [5.74, 6) is 1.67. The van der Waals surface area contributed by atoms with Gasteiger partial charge in [-0.25, -0.2) is 0 Å². The molecule has 2 amide bonds. The first-order chi connectivity index (χ1) is 14.9. The lowest BCUT2D eigenvalue weighted by atomic mass is 10.1. The van der Waals surface area contributed by atoms with E-state index in [4.69, 9.17) is 9.47 Å². The van der Waals surface area contributed by atoms with E-state index < -0.39 is 6.04 Å². The minimum atomic E-state index is -0.566. The van der Waals surface area contributed by atoms with E-state index in [0.717, 1.165) is 17.1 Å². The molecule has 2 rings (SSSR count). The number of nitrogens with one attached hydrogen (secondary N) is 1. The minimum absolute atomic E-state index is 0.0697. The molecular weight excluding hydrogens is 392 g/mol. The molecule has 0 aliphatic rings. The lowest BCUT2D eigenvalue weighted by molar-refractivity contribution is -0.140. The Kier molecular flexibility index (Phi) is 9.88. The van der Waals surface area contributed by atoms with Crippen LogP contribution in [-0.4, -0.2) is 43.0 Å². The van der Waals surface area contributed by atoms with Gasteiger partial charge in [-0.2, -0.15) is 0 Å². The van der Waals surface area contributed by atoms with Crippen LogP contribution in [0.25, 0.3) is 0 Å². The third-order valence-electron chi connectivity index (χ3n) is 4.91. The number of benzene rings is 2. The number of carbonyl (C=O) groups is 2. The van der Waals surface area contributed by atoms with Crippen LogP contribution < -0.4 is 14.8 Å². The quantitative estimate of drug-likeness (QED) is 0.520. The van der Waals surface area contributed by atoms with Crippen LogP contribution in [0.15, 0.2) is 54.6 Å². The number of hydrogen-bond donors (Lipinski definition) is 1. The summed E-state index contributed by atoms with van der Waals surface area (Å²) in [5, 5.41) is 2.93. The third kappa shape index (κ3) is 8.32. The van der Waals surface area contributed by atoms with E-state index >= 15 is 0 Å². The zero-order valence-corrected chi connectivity index (χ0v) is 19.0. The van der Waals surface area contributed by atoms with Crippen molar-refractivity contribution < 1.29 is 19.1 Å². The second-order valence-electron chi connectivity index (χ2n) is 7.95. The molecule has 0 bridgehead atoms. The molecule has 6 nitrogen and oxygen atoms in total. The number of amides is 2. The van der Waals surface area contributed by atoms with Crippen molar-refractivity contribution in [1.29, 1.82) is 0 Å². The molecule has 0 aliphatic carbocycles. The molecule has 31 heavy (non-hydrogen) atoms. The van der Waals surface area contributed by atoms with E-state index in [2.05, 4.69) is 5.32 Å². The molecule has 1 atom stereocenters. The van der Waals surface area contributed by atoms with Crippen molar-refractivity contribution in [1.82, 2.24) is 10.2 Å². The Hall–Kier alpha value is -3.02. The number of carbonyl (C=O) groups excluding carboxylic acids is 2. The van der Waals surface area contributed by atoms with Gasteiger partial charge in [0.1, 0.15) is 17.5 Å². The number of para-hydroxylation sites is 1. The van der Waals surface area contributed by atoms with Gasteiger partial charge in [0.15, 0.2) is 0 Å². The highest BCUT2D eigenvalue weighted by atomic mass is 16.5. The van der Waals surface area contributed by atoms with E-state index in [1.807, 2.05) is 68.4 Å². The molecule has 0 heterocycles. The number of ether oxygens (including phenoxy) is 2. The van der Waals surface area contributed by atoms with Gasteiger partial charge >= 0.3 is 0 Å². The highest BCUT2D eigenvalue weighted by Gasteiger charge is 2.25. The molecule has 0 saturated carbocycles. The van der Waals surface area contributed by atoms with E-state index in [9.17, 15) is 9.59 Å². The molecule has 0 aromatic heterocycles. The van der Waals surface area contributed by atoms with Crippen molar-refractivity contribution in [2.45, 2.75) is 46.2 Å². The van der Waals surface area contributed by atoms with Crippen LogP contribution in [0.3, 0.4) is 0 Å². The molecule has 0 fully saturated rings. The Morgan fingerprint density at radius 3 is 2.26 bits per heavy atom. The first-order valence-corrected chi connectivity index (χ1v) is 10.8. The molecule has 0 aliphatic heterocycles. The van der Waals surface area contributed by atoms with E-state index in [1.165, 1.54) is 0 Å². The monoisotopic (exact) mass is 426 g/mol. The number of rotatable bonds is 12. The number of hydrogen-bond acceptors (Lipinski definition) is 4. The van der Waals surface area contributed by atoms with Crippen LogP contribution in [0.2, 0.25) is 0 Å². The average molecular weight is 427 g/mol. The fourth-order valence-corrected chi connectivity index (χ4v) is 3.04. The lowest BCUT2D eigenvalue weighted by Gasteiger charge is -2.29. The minimum Gasteiger partial charge on any atom is -0.497 e. The predicted molar refractivity (Wildman–Crippen MR) is 122 cm³/mol. The largest absolute Gasteiger partial charge is 0.497 e. The Morgan fingerprint density at radius 1 is 0.968 bits per heavy atom. The van der Waals surface area contributed by atoms with Crippen molar-refractivity contribution in [3.8, 4) is 11.5 Å². The Morgan fingerprint density at radius 2 is 1.65 bits per heavy atom. The Bertz CT molecular complexity index is 806. The number of methoxy groups -OCH3 is 1. The first kappa shape index (κ1) is 24.3. The summed E-state index contributed by atoms with van der Waals surface area (Å²) < 4.78 is 10.9. The summed E-state index contributed by atoms with van der Waals surface area (Å²) in [4.78, 5) is 27.3. The molecular formula is C25H34N2O4. The summed E-state index contributed by atoms with van der Waals surface area (Å²) in [7, 11) is 1.61. The molecule has 6 heteroatoms. The molecule has 0 radical (unpaired) electrons. The van der Waals surface area contributed by atoms with Gasteiger partial charge in [-0.3, -0.25) is 9.59 Å². The van der Waals surface area contributed by atoms with Crippen molar-refractivity contribution in [2.75, 3.05) is 20.3 Å². The summed E-state index contributed by atoms with van der Waals surface area (Å²) in [5.41, 5.74) is 0.943. The van der Waals surface area contributed by atoms with Crippen molar-refractivity contribution in [3.63, 3.8) is 0 Å². The second kappa shape index (κ2) is 12.6. The Labute approximate surface area is 185 Å². The number of nitrogens with zero attached hydrogens (tertiary/aromatic N) is 1. The zero-order valence-electron chi connectivity index (χ0n) is 19.0. The summed E-state index contributed by atoms with van der Waals surface area (Å²) in [6, 6.07) is 16.5. The van der Waals surface area contributed by atoms with Crippen LogP contribution in [0.4, 0.5) is 0 Å². The van der Waals surface area contributed by atoms with Crippen LogP contribution >= 0.6 is 0 Å². The van der Waals surface area contributed by atoms with Crippen LogP contribution in [0.1, 0.15) is 39.2 Å². The Balaban J connectivity index is 2.00. The summed E-state index contributed by atoms with van der Waals surface area (Å²) in [6.45, 7) is 7.24. The maximum Gasteiger partial charge on any atom is 0.242 e. The van der Waals surface area contributed by atoms with Gasteiger partial charge in [0, 0.05) is 19.5 Å². The molecule has 168 valence electrons. The highest BCUT2D eigenvalue weighted by Crippen LogP contribution is 2.16. The molecule has 0 spiro atoms. The van der Waals surface area contributed by atoms with Gasteiger partial charge < -0.3 is 19.7 Å². The zero-order chi connectivity index (χ0) is 22.6. The second-order valence-corrected chi connectivity index (χ2v) is 7.95. The normalized spacial score (nSPS) is 11.6. The van der Waals surface area contributed by atoms with E-state index in [1.54, 1.807) is 18.9 Å².